The highest BCUT2D eigenvalue weighted by Crippen LogP contribution is 2.25. The third-order valence-electron chi connectivity index (χ3n) is 3.89. The quantitative estimate of drug-likeness (QED) is 0.835. The van der Waals surface area contributed by atoms with Crippen molar-refractivity contribution in [2.75, 3.05) is 13.7 Å². The van der Waals surface area contributed by atoms with Crippen LogP contribution in [0.1, 0.15) is 25.7 Å². The summed E-state index contributed by atoms with van der Waals surface area (Å²) >= 11 is 5.57. The van der Waals surface area contributed by atoms with Gasteiger partial charge in [-0.1, -0.05) is 11.6 Å². The van der Waals surface area contributed by atoms with Crippen LogP contribution in [0.3, 0.4) is 0 Å². The number of carbonyl (C=O) groups is 2. The highest BCUT2D eigenvalue weighted by atomic mass is 35.5. The molecule has 2 rings (SSSR count). The predicted octanol–water partition coefficient (Wildman–Crippen LogP) is 2.71. The minimum absolute atomic E-state index is 0.00386. The van der Waals surface area contributed by atoms with Crippen molar-refractivity contribution >= 4 is 23.5 Å². The number of rotatable bonds is 5. The summed E-state index contributed by atoms with van der Waals surface area (Å²) in [6.45, 7) is -0.196. The van der Waals surface area contributed by atoms with Gasteiger partial charge in [0.15, 0.2) is 6.61 Å². The predicted molar refractivity (Wildman–Crippen MR) is 82.8 cm³/mol. The fourth-order valence-corrected chi connectivity index (χ4v) is 2.74. The zero-order valence-electron chi connectivity index (χ0n) is 12.8. The Morgan fingerprint density at radius 1 is 1.30 bits per heavy atom. The molecular weight excluding hydrogens is 325 g/mol. The van der Waals surface area contributed by atoms with Crippen molar-refractivity contribution in [3.8, 4) is 5.75 Å². The monoisotopic (exact) mass is 343 g/mol. The molecule has 1 fully saturated rings. The number of carbonyl (C=O) groups excluding carboxylic acids is 2. The van der Waals surface area contributed by atoms with Crippen molar-refractivity contribution in [1.82, 2.24) is 5.32 Å². The topological polar surface area (TPSA) is 64.6 Å². The van der Waals surface area contributed by atoms with E-state index in [-0.39, 0.29) is 41.2 Å². The molecule has 0 aliphatic heterocycles. The lowest BCUT2D eigenvalue weighted by Gasteiger charge is -2.27. The number of benzene rings is 1. The molecule has 1 aromatic carbocycles. The molecule has 5 nitrogen and oxygen atoms in total. The van der Waals surface area contributed by atoms with Crippen LogP contribution in [0.4, 0.5) is 4.39 Å². The number of methoxy groups -OCH3 is 1. The van der Waals surface area contributed by atoms with E-state index < -0.39 is 5.82 Å². The Labute approximate surface area is 139 Å². The van der Waals surface area contributed by atoms with E-state index in [0.717, 1.165) is 18.9 Å². The minimum Gasteiger partial charge on any atom is -0.484 e. The second-order valence-electron chi connectivity index (χ2n) is 5.50. The molecule has 1 aliphatic carbocycles. The maximum atomic E-state index is 13.3. The molecule has 126 valence electrons. The maximum absolute atomic E-state index is 13.3. The molecule has 0 unspecified atom stereocenters. The van der Waals surface area contributed by atoms with Crippen LogP contribution >= 0.6 is 11.6 Å². The summed E-state index contributed by atoms with van der Waals surface area (Å²) in [5, 5.41) is 2.86. The second kappa shape index (κ2) is 8.15. The molecular formula is C16H19ClFNO4. The fraction of sp³-hybridized carbons (Fsp3) is 0.500. The molecule has 0 spiro atoms. The average Bonchev–Trinajstić information content (AvgIpc) is 2.56. The van der Waals surface area contributed by atoms with E-state index in [1.54, 1.807) is 0 Å². The van der Waals surface area contributed by atoms with E-state index in [1.165, 1.54) is 19.2 Å². The molecule has 1 N–H and O–H groups in total. The minimum atomic E-state index is -0.592. The maximum Gasteiger partial charge on any atom is 0.308 e. The van der Waals surface area contributed by atoms with Gasteiger partial charge in [0.05, 0.1) is 18.1 Å². The number of halogens is 2. The van der Waals surface area contributed by atoms with Crippen LogP contribution in [-0.2, 0) is 14.3 Å². The molecule has 7 heteroatoms. The van der Waals surface area contributed by atoms with E-state index in [1.807, 2.05) is 0 Å². The lowest BCUT2D eigenvalue weighted by molar-refractivity contribution is -0.146. The molecule has 0 aromatic heterocycles. The molecule has 0 bridgehead atoms. The molecule has 0 saturated heterocycles. The highest BCUT2D eigenvalue weighted by Gasteiger charge is 2.27. The first kappa shape index (κ1) is 17.5. The Morgan fingerprint density at radius 3 is 2.61 bits per heavy atom. The summed E-state index contributed by atoms with van der Waals surface area (Å²) in [7, 11) is 1.38. The first-order valence-electron chi connectivity index (χ1n) is 7.44. The van der Waals surface area contributed by atoms with Crippen molar-refractivity contribution in [2.24, 2.45) is 5.92 Å². The van der Waals surface area contributed by atoms with Gasteiger partial charge in [-0.2, -0.15) is 0 Å². The normalized spacial score (nSPS) is 20.7. The van der Waals surface area contributed by atoms with Crippen molar-refractivity contribution in [3.05, 3.63) is 29.0 Å². The summed E-state index contributed by atoms with van der Waals surface area (Å²) in [5.74, 6) is -0.895. The zero-order valence-corrected chi connectivity index (χ0v) is 13.6. The molecule has 1 aromatic rings. The van der Waals surface area contributed by atoms with Crippen LogP contribution in [0.15, 0.2) is 18.2 Å². The average molecular weight is 344 g/mol. The van der Waals surface area contributed by atoms with E-state index in [9.17, 15) is 14.0 Å². The molecule has 1 saturated carbocycles. The van der Waals surface area contributed by atoms with Gasteiger partial charge < -0.3 is 14.8 Å². The Balaban J connectivity index is 1.73. The van der Waals surface area contributed by atoms with Crippen molar-refractivity contribution in [2.45, 2.75) is 31.7 Å². The SMILES string of the molecule is COC(=O)[C@H]1CC[C@H](NC(=O)COc2ccc(Cl)c(F)c2)CC1. The molecule has 23 heavy (non-hydrogen) atoms. The third-order valence-corrected chi connectivity index (χ3v) is 4.19. The Bertz CT molecular complexity index is 573. The summed E-state index contributed by atoms with van der Waals surface area (Å²) in [4.78, 5) is 23.3. The lowest BCUT2D eigenvalue weighted by atomic mass is 9.86. The van der Waals surface area contributed by atoms with Gasteiger partial charge in [-0.3, -0.25) is 9.59 Å². The van der Waals surface area contributed by atoms with Crippen molar-refractivity contribution in [1.29, 1.82) is 0 Å². The van der Waals surface area contributed by atoms with Gasteiger partial charge in [-0.25, -0.2) is 4.39 Å². The van der Waals surface area contributed by atoms with Crippen LogP contribution in [0, 0.1) is 11.7 Å². The highest BCUT2D eigenvalue weighted by molar-refractivity contribution is 6.30. The number of hydrogen-bond acceptors (Lipinski definition) is 4. The first-order valence-corrected chi connectivity index (χ1v) is 7.82. The first-order chi connectivity index (χ1) is 11.0. The summed E-state index contributed by atoms with van der Waals surface area (Å²) in [6, 6.07) is 4.03. The molecule has 1 aliphatic rings. The summed E-state index contributed by atoms with van der Waals surface area (Å²) in [6.07, 6.45) is 2.84. The number of amides is 1. The number of nitrogens with one attached hydrogen (secondary N) is 1. The Hall–Kier alpha value is -1.82. The van der Waals surface area contributed by atoms with Crippen LogP contribution in [0.2, 0.25) is 5.02 Å². The van der Waals surface area contributed by atoms with Crippen molar-refractivity contribution < 1.29 is 23.5 Å². The van der Waals surface area contributed by atoms with Crippen LogP contribution in [0.5, 0.6) is 5.75 Å². The van der Waals surface area contributed by atoms with Crippen LogP contribution < -0.4 is 10.1 Å². The van der Waals surface area contributed by atoms with Gasteiger partial charge in [-0.15, -0.1) is 0 Å². The van der Waals surface area contributed by atoms with Gasteiger partial charge in [0.1, 0.15) is 11.6 Å². The van der Waals surface area contributed by atoms with Gasteiger partial charge >= 0.3 is 5.97 Å². The van der Waals surface area contributed by atoms with Crippen molar-refractivity contribution in [3.63, 3.8) is 0 Å². The fourth-order valence-electron chi connectivity index (χ4n) is 2.62. The van der Waals surface area contributed by atoms with Crippen LogP contribution in [-0.4, -0.2) is 31.6 Å². The van der Waals surface area contributed by atoms with Gasteiger partial charge in [0.2, 0.25) is 0 Å². The number of esters is 1. The smallest absolute Gasteiger partial charge is 0.308 e. The van der Waals surface area contributed by atoms with E-state index >= 15 is 0 Å². The summed E-state index contributed by atoms with van der Waals surface area (Å²) < 4.78 is 23.2. The largest absolute Gasteiger partial charge is 0.484 e. The lowest BCUT2D eigenvalue weighted by Crippen LogP contribution is -2.41. The zero-order chi connectivity index (χ0) is 16.8. The summed E-state index contributed by atoms with van der Waals surface area (Å²) in [5.41, 5.74) is 0. The van der Waals surface area contributed by atoms with E-state index in [0.29, 0.717) is 12.8 Å². The molecule has 0 atom stereocenters. The van der Waals surface area contributed by atoms with Gasteiger partial charge in [-0.05, 0) is 37.8 Å². The number of hydrogen-bond donors (Lipinski definition) is 1. The van der Waals surface area contributed by atoms with Gasteiger partial charge in [0, 0.05) is 12.1 Å². The van der Waals surface area contributed by atoms with E-state index in [2.05, 4.69) is 5.32 Å². The molecule has 0 heterocycles. The Kier molecular flexibility index (Phi) is 6.21. The Morgan fingerprint density at radius 2 is 2.00 bits per heavy atom. The standard InChI is InChI=1S/C16H19ClFNO4/c1-22-16(21)10-2-4-11(5-3-10)19-15(20)9-23-12-6-7-13(17)14(18)8-12/h6-8,10-11H,2-5,9H2,1H3,(H,19,20)/t10-,11-. The molecule has 1 amide bonds. The van der Waals surface area contributed by atoms with Gasteiger partial charge in [0.25, 0.3) is 5.91 Å². The van der Waals surface area contributed by atoms with Crippen LogP contribution in [0.25, 0.3) is 0 Å². The molecule has 0 radical (unpaired) electrons. The van der Waals surface area contributed by atoms with E-state index in [4.69, 9.17) is 21.1 Å². The second-order valence-corrected chi connectivity index (χ2v) is 5.91. The third kappa shape index (κ3) is 5.10. The number of ether oxygens (including phenoxy) is 2.